The second kappa shape index (κ2) is 6.16. The highest BCUT2D eigenvalue weighted by molar-refractivity contribution is 5.78. The molecule has 0 aliphatic carbocycles. The largest absolute Gasteiger partial charge is 0.425 e. The molecule has 0 heterocycles. The van der Waals surface area contributed by atoms with Crippen molar-refractivity contribution in [3.05, 3.63) is 65.7 Å². The van der Waals surface area contributed by atoms with Gasteiger partial charge < -0.3 is 10.5 Å². The minimum absolute atomic E-state index is 0.404. The van der Waals surface area contributed by atoms with E-state index in [9.17, 15) is 4.79 Å². The third-order valence-corrected chi connectivity index (χ3v) is 2.91. The molecule has 0 amide bonds. The van der Waals surface area contributed by atoms with Crippen LogP contribution in [-0.2, 0) is 11.2 Å². The summed E-state index contributed by atoms with van der Waals surface area (Å²) in [7, 11) is 0. The number of carbonyl (C=O) groups is 1. The molecule has 2 aromatic rings. The van der Waals surface area contributed by atoms with E-state index in [0.717, 1.165) is 11.1 Å². The first-order valence-electron chi connectivity index (χ1n) is 6.23. The van der Waals surface area contributed by atoms with Crippen LogP contribution in [-0.4, -0.2) is 12.0 Å². The average Bonchev–Trinajstić information content (AvgIpc) is 2.42. The van der Waals surface area contributed by atoms with Crippen molar-refractivity contribution in [2.24, 2.45) is 5.73 Å². The van der Waals surface area contributed by atoms with Gasteiger partial charge in [0.05, 0.1) is 0 Å². The summed E-state index contributed by atoms with van der Waals surface area (Å²) in [4.78, 5) is 11.9. The number of hydrogen-bond donors (Lipinski definition) is 1. The standard InChI is InChI=1S/C16H17NO2/c1-12-7-5-6-10-15(12)19-16(18)14(17)11-13-8-3-2-4-9-13/h2-10,14H,11,17H2,1H3. The molecular formula is C16H17NO2. The van der Waals surface area contributed by atoms with Crippen molar-refractivity contribution in [2.45, 2.75) is 19.4 Å². The van der Waals surface area contributed by atoms with Gasteiger partial charge in [0.2, 0.25) is 0 Å². The smallest absolute Gasteiger partial charge is 0.328 e. The number of esters is 1. The van der Waals surface area contributed by atoms with Crippen LogP contribution in [0.15, 0.2) is 54.6 Å². The number of rotatable bonds is 4. The SMILES string of the molecule is Cc1ccccc1OC(=O)C(N)Cc1ccccc1. The van der Waals surface area contributed by atoms with E-state index >= 15 is 0 Å². The normalized spacial score (nSPS) is 11.9. The van der Waals surface area contributed by atoms with Gasteiger partial charge >= 0.3 is 5.97 Å². The fraction of sp³-hybridized carbons (Fsp3) is 0.188. The monoisotopic (exact) mass is 255 g/mol. The maximum absolute atomic E-state index is 11.9. The van der Waals surface area contributed by atoms with Crippen molar-refractivity contribution in [1.82, 2.24) is 0 Å². The predicted molar refractivity (Wildman–Crippen MR) is 74.9 cm³/mol. The Balaban J connectivity index is 1.99. The van der Waals surface area contributed by atoms with Gasteiger partial charge in [-0.3, -0.25) is 0 Å². The molecule has 0 radical (unpaired) electrons. The van der Waals surface area contributed by atoms with E-state index in [1.165, 1.54) is 0 Å². The third-order valence-electron chi connectivity index (χ3n) is 2.91. The zero-order valence-electron chi connectivity index (χ0n) is 10.9. The second-order valence-corrected chi connectivity index (χ2v) is 4.48. The zero-order valence-corrected chi connectivity index (χ0v) is 10.9. The molecule has 0 aromatic heterocycles. The van der Waals surface area contributed by atoms with E-state index in [4.69, 9.17) is 10.5 Å². The number of ether oxygens (including phenoxy) is 1. The molecule has 1 unspecified atom stereocenters. The first kappa shape index (κ1) is 13.3. The van der Waals surface area contributed by atoms with Crippen LogP contribution in [0, 0.1) is 6.92 Å². The molecule has 1 atom stereocenters. The Morgan fingerprint density at radius 1 is 1.11 bits per heavy atom. The maximum Gasteiger partial charge on any atom is 0.328 e. The molecule has 2 aromatic carbocycles. The first-order chi connectivity index (χ1) is 9.16. The lowest BCUT2D eigenvalue weighted by Gasteiger charge is -2.12. The Hall–Kier alpha value is -2.13. The van der Waals surface area contributed by atoms with Gasteiger partial charge in [-0.25, -0.2) is 4.79 Å². The Kier molecular flexibility index (Phi) is 4.31. The fourth-order valence-corrected chi connectivity index (χ4v) is 1.81. The van der Waals surface area contributed by atoms with Crippen molar-refractivity contribution in [3.63, 3.8) is 0 Å². The van der Waals surface area contributed by atoms with Crippen LogP contribution in [0.3, 0.4) is 0 Å². The van der Waals surface area contributed by atoms with Crippen LogP contribution in [0.2, 0.25) is 0 Å². The molecule has 3 nitrogen and oxygen atoms in total. The molecule has 98 valence electrons. The molecular weight excluding hydrogens is 238 g/mol. The van der Waals surface area contributed by atoms with Gasteiger partial charge in [-0.05, 0) is 30.5 Å². The molecule has 2 N–H and O–H groups in total. The van der Waals surface area contributed by atoms with E-state index in [2.05, 4.69) is 0 Å². The molecule has 2 rings (SSSR count). The van der Waals surface area contributed by atoms with Gasteiger partial charge in [-0.15, -0.1) is 0 Å². The lowest BCUT2D eigenvalue weighted by molar-refractivity contribution is -0.135. The van der Waals surface area contributed by atoms with E-state index in [1.54, 1.807) is 6.07 Å². The summed E-state index contributed by atoms with van der Waals surface area (Å²) in [5, 5.41) is 0. The summed E-state index contributed by atoms with van der Waals surface area (Å²) in [6, 6.07) is 16.4. The van der Waals surface area contributed by atoms with Crippen LogP contribution in [0.4, 0.5) is 0 Å². The van der Waals surface area contributed by atoms with Gasteiger partial charge in [0.25, 0.3) is 0 Å². The summed E-state index contributed by atoms with van der Waals surface area (Å²) < 4.78 is 5.32. The quantitative estimate of drug-likeness (QED) is 0.674. The summed E-state index contributed by atoms with van der Waals surface area (Å²) in [5.41, 5.74) is 7.82. The summed E-state index contributed by atoms with van der Waals surface area (Å²) in [6.07, 6.45) is 0.478. The third kappa shape index (κ3) is 3.66. The first-order valence-corrected chi connectivity index (χ1v) is 6.23. The van der Waals surface area contributed by atoms with E-state index < -0.39 is 12.0 Å². The average molecular weight is 255 g/mol. The van der Waals surface area contributed by atoms with Crippen LogP contribution < -0.4 is 10.5 Å². The second-order valence-electron chi connectivity index (χ2n) is 4.48. The van der Waals surface area contributed by atoms with Gasteiger partial charge in [-0.1, -0.05) is 48.5 Å². The highest BCUT2D eigenvalue weighted by Crippen LogP contribution is 2.17. The van der Waals surface area contributed by atoms with Crippen molar-refractivity contribution in [3.8, 4) is 5.75 Å². The number of carbonyl (C=O) groups excluding carboxylic acids is 1. The van der Waals surface area contributed by atoms with Gasteiger partial charge in [-0.2, -0.15) is 0 Å². The number of nitrogens with two attached hydrogens (primary N) is 1. The minimum Gasteiger partial charge on any atom is -0.425 e. The Labute approximate surface area is 113 Å². The molecule has 0 aliphatic heterocycles. The van der Waals surface area contributed by atoms with E-state index in [1.807, 2.05) is 55.5 Å². The zero-order chi connectivity index (χ0) is 13.7. The van der Waals surface area contributed by atoms with Crippen molar-refractivity contribution < 1.29 is 9.53 Å². The number of benzene rings is 2. The van der Waals surface area contributed by atoms with Gasteiger partial charge in [0, 0.05) is 0 Å². The molecule has 3 heteroatoms. The van der Waals surface area contributed by atoms with Crippen LogP contribution >= 0.6 is 0 Å². The van der Waals surface area contributed by atoms with Crippen molar-refractivity contribution in [2.75, 3.05) is 0 Å². The maximum atomic E-state index is 11.9. The lowest BCUT2D eigenvalue weighted by Crippen LogP contribution is -2.36. The number of aryl methyl sites for hydroxylation is 1. The number of hydrogen-bond acceptors (Lipinski definition) is 3. The highest BCUT2D eigenvalue weighted by atomic mass is 16.5. The fourth-order valence-electron chi connectivity index (χ4n) is 1.81. The molecule has 19 heavy (non-hydrogen) atoms. The molecule has 0 spiro atoms. The summed E-state index contributed by atoms with van der Waals surface area (Å²) >= 11 is 0. The van der Waals surface area contributed by atoms with Gasteiger partial charge in [0.15, 0.2) is 0 Å². The van der Waals surface area contributed by atoms with Crippen LogP contribution in [0.5, 0.6) is 5.75 Å². The summed E-state index contributed by atoms with van der Waals surface area (Å²) in [6.45, 7) is 1.89. The Morgan fingerprint density at radius 3 is 2.42 bits per heavy atom. The molecule has 0 bridgehead atoms. The van der Waals surface area contributed by atoms with Crippen molar-refractivity contribution >= 4 is 5.97 Å². The lowest BCUT2D eigenvalue weighted by atomic mass is 10.1. The summed E-state index contributed by atoms with van der Waals surface area (Å²) in [5.74, 6) is 0.161. The number of para-hydroxylation sites is 1. The minimum atomic E-state index is -0.651. The highest BCUT2D eigenvalue weighted by Gasteiger charge is 2.17. The topological polar surface area (TPSA) is 52.3 Å². The van der Waals surface area contributed by atoms with Crippen LogP contribution in [0.25, 0.3) is 0 Å². The Morgan fingerprint density at radius 2 is 1.74 bits per heavy atom. The molecule has 0 aliphatic rings. The molecule has 0 saturated heterocycles. The van der Waals surface area contributed by atoms with E-state index in [0.29, 0.717) is 12.2 Å². The Bertz CT molecular complexity index is 552. The molecule has 0 fully saturated rings. The van der Waals surface area contributed by atoms with E-state index in [-0.39, 0.29) is 0 Å². The van der Waals surface area contributed by atoms with Crippen molar-refractivity contribution in [1.29, 1.82) is 0 Å². The predicted octanol–water partition coefficient (Wildman–Crippen LogP) is 2.47. The van der Waals surface area contributed by atoms with Gasteiger partial charge in [0.1, 0.15) is 11.8 Å². The molecule has 0 saturated carbocycles. The van der Waals surface area contributed by atoms with Crippen LogP contribution in [0.1, 0.15) is 11.1 Å².